The van der Waals surface area contributed by atoms with Gasteiger partial charge in [0.1, 0.15) is 0 Å². The van der Waals surface area contributed by atoms with Crippen LogP contribution in [0.2, 0.25) is 5.02 Å². The molecule has 2 aromatic rings. The summed E-state index contributed by atoms with van der Waals surface area (Å²) in [6.07, 6.45) is 1.04. The lowest BCUT2D eigenvalue weighted by atomic mass is 9.77. The quantitative estimate of drug-likeness (QED) is 0.361. The van der Waals surface area contributed by atoms with Crippen molar-refractivity contribution in [1.29, 1.82) is 0 Å². The van der Waals surface area contributed by atoms with Crippen LogP contribution in [0.25, 0.3) is 0 Å². The first-order chi connectivity index (χ1) is 17.6. The minimum absolute atomic E-state index is 0.00305. The number of carbonyl (C=O) groups is 2. The summed E-state index contributed by atoms with van der Waals surface area (Å²) in [4.78, 5) is 24.5. The van der Waals surface area contributed by atoms with Crippen molar-refractivity contribution >= 4 is 38.9 Å². The Labute approximate surface area is 225 Å². The molecule has 38 heavy (non-hydrogen) atoms. The van der Waals surface area contributed by atoms with Gasteiger partial charge < -0.3 is 20.8 Å². The molecule has 0 spiro atoms. The zero-order chi connectivity index (χ0) is 28.3. The summed E-state index contributed by atoms with van der Waals surface area (Å²) in [7, 11) is -3.93. The van der Waals surface area contributed by atoms with E-state index in [1.807, 2.05) is 0 Å². The minimum atomic E-state index is -3.93. The molecule has 0 unspecified atom stereocenters. The van der Waals surface area contributed by atoms with Gasteiger partial charge in [0.25, 0.3) is 5.91 Å². The van der Waals surface area contributed by atoms with Gasteiger partial charge in [-0.05, 0) is 75.8 Å². The molecule has 1 aliphatic carbocycles. The van der Waals surface area contributed by atoms with Crippen LogP contribution in [0, 0.1) is 17.6 Å². The van der Waals surface area contributed by atoms with Gasteiger partial charge in [0.15, 0.2) is 21.5 Å². The van der Waals surface area contributed by atoms with Gasteiger partial charge in [-0.2, -0.15) is 0 Å². The second-order valence-electron chi connectivity index (χ2n) is 10.4. The summed E-state index contributed by atoms with van der Waals surface area (Å²) in [6.45, 7) is 3.14. The number of sulfone groups is 1. The third-order valence-corrected chi connectivity index (χ3v) is 8.76. The fourth-order valence-electron chi connectivity index (χ4n) is 4.29. The maximum Gasteiger partial charge on any atom is 0.255 e. The largest absolute Gasteiger partial charge is 0.389 e. The van der Waals surface area contributed by atoms with Crippen LogP contribution in [0.5, 0.6) is 0 Å². The summed E-state index contributed by atoms with van der Waals surface area (Å²) in [5.41, 5.74) is -2.38. The fourth-order valence-corrected chi connectivity index (χ4v) is 6.57. The Morgan fingerprint density at radius 1 is 1.11 bits per heavy atom. The summed E-state index contributed by atoms with van der Waals surface area (Å²) < 4.78 is 53.0. The van der Waals surface area contributed by atoms with Gasteiger partial charge >= 0.3 is 0 Å². The smallest absolute Gasteiger partial charge is 0.255 e. The van der Waals surface area contributed by atoms with Crippen molar-refractivity contribution in [3.05, 3.63) is 58.6 Å². The lowest BCUT2D eigenvalue weighted by Gasteiger charge is -2.35. The van der Waals surface area contributed by atoms with Crippen molar-refractivity contribution in [3.63, 3.8) is 0 Å². The zero-order valence-electron chi connectivity index (χ0n) is 21.1. The van der Waals surface area contributed by atoms with Crippen LogP contribution in [0.1, 0.15) is 56.3 Å². The molecule has 208 valence electrons. The molecule has 0 bridgehead atoms. The normalized spacial score (nSPS) is 20.1. The summed E-state index contributed by atoms with van der Waals surface area (Å²) in [5, 5.41) is 25.5. The van der Waals surface area contributed by atoms with E-state index in [2.05, 4.69) is 10.6 Å². The fraction of sp³-hybridized carbons (Fsp3) is 0.462. The molecule has 0 aliphatic heterocycles. The number of hydrogen-bond acceptors (Lipinski definition) is 6. The van der Waals surface area contributed by atoms with Crippen LogP contribution >= 0.6 is 11.6 Å². The highest BCUT2D eigenvalue weighted by atomic mass is 35.5. The molecular formula is C26H31ClF2N2O6S. The first-order valence-electron chi connectivity index (χ1n) is 12.1. The second-order valence-corrected chi connectivity index (χ2v) is 12.9. The summed E-state index contributed by atoms with van der Waals surface area (Å²) in [5.74, 6) is -3.90. The third-order valence-electron chi connectivity index (χ3n) is 6.40. The average Bonchev–Trinajstić information content (AvgIpc) is 2.81. The SMILES string of the molecule is CC(C)(O)CNC(=O)C[C@]1(O)CC[C@H](CS(=O)(=O)c2cc(C(=O)Nc3ccc(F)c(F)c3)ccc2Cl)CC1. The molecule has 12 heteroatoms. The van der Waals surface area contributed by atoms with Crippen LogP contribution in [0.4, 0.5) is 14.5 Å². The number of nitrogens with one attached hydrogen (secondary N) is 2. The van der Waals surface area contributed by atoms with E-state index in [4.69, 9.17) is 11.6 Å². The maximum absolute atomic E-state index is 13.4. The van der Waals surface area contributed by atoms with Crippen LogP contribution in [0.3, 0.4) is 0 Å². The monoisotopic (exact) mass is 572 g/mol. The number of anilines is 1. The van der Waals surface area contributed by atoms with E-state index < -0.39 is 44.5 Å². The summed E-state index contributed by atoms with van der Waals surface area (Å²) >= 11 is 6.16. The molecule has 4 N–H and O–H groups in total. The van der Waals surface area contributed by atoms with E-state index in [0.717, 1.165) is 18.2 Å². The maximum atomic E-state index is 13.4. The Balaban J connectivity index is 1.63. The molecular weight excluding hydrogens is 542 g/mol. The highest BCUT2D eigenvalue weighted by Gasteiger charge is 2.37. The molecule has 0 heterocycles. The molecule has 2 amide bonds. The topological polar surface area (TPSA) is 133 Å². The molecule has 3 rings (SSSR count). The molecule has 1 fully saturated rings. The van der Waals surface area contributed by atoms with E-state index >= 15 is 0 Å². The van der Waals surface area contributed by atoms with Crippen molar-refractivity contribution in [3.8, 4) is 0 Å². The van der Waals surface area contributed by atoms with Crippen LogP contribution in [0.15, 0.2) is 41.3 Å². The first-order valence-corrected chi connectivity index (χ1v) is 14.1. The molecule has 0 saturated heterocycles. The van der Waals surface area contributed by atoms with Gasteiger partial charge in [-0.1, -0.05) is 11.6 Å². The van der Waals surface area contributed by atoms with Crippen molar-refractivity contribution in [2.75, 3.05) is 17.6 Å². The van der Waals surface area contributed by atoms with Gasteiger partial charge in [0.05, 0.1) is 33.3 Å². The van der Waals surface area contributed by atoms with E-state index in [1.165, 1.54) is 18.2 Å². The summed E-state index contributed by atoms with van der Waals surface area (Å²) in [6, 6.07) is 6.57. The number of aliphatic hydroxyl groups is 2. The standard InChI is InChI=1S/C26H31ClF2N2O6S/c1-25(2,34)15-30-23(32)13-26(35)9-7-16(8-10-26)14-38(36,37)22-11-17(3-5-19(22)27)24(33)31-18-4-6-20(28)21(29)12-18/h3-6,11-12,16,34-35H,7-10,13-15H2,1-2H3,(H,30,32)(H,31,33)/t16-,26-. The van der Waals surface area contributed by atoms with Crippen molar-refractivity contribution in [1.82, 2.24) is 5.32 Å². The highest BCUT2D eigenvalue weighted by Crippen LogP contribution is 2.36. The number of halogens is 3. The minimum Gasteiger partial charge on any atom is -0.389 e. The van der Waals surface area contributed by atoms with Gasteiger partial charge in [0.2, 0.25) is 5.91 Å². The number of rotatable bonds is 9. The Morgan fingerprint density at radius 3 is 2.37 bits per heavy atom. The van der Waals surface area contributed by atoms with E-state index in [-0.39, 0.29) is 58.6 Å². The van der Waals surface area contributed by atoms with Crippen molar-refractivity contribution in [2.24, 2.45) is 5.92 Å². The Hall–Kier alpha value is -2.60. The predicted octanol–water partition coefficient (Wildman–Crippen LogP) is 3.84. The molecule has 1 aliphatic rings. The molecule has 1 saturated carbocycles. The van der Waals surface area contributed by atoms with Gasteiger partial charge in [-0.3, -0.25) is 9.59 Å². The number of benzene rings is 2. The van der Waals surface area contributed by atoms with Crippen LogP contribution in [-0.2, 0) is 14.6 Å². The van der Waals surface area contributed by atoms with Gasteiger partial charge in [0, 0.05) is 23.9 Å². The number of amides is 2. The molecule has 0 atom stereocenters. The van der Waals surface area contributed by atoms with Gasteiger partial charge in [-0.15, -0.1) is 0 Å². The average molecular weight is 573 g/mol. The lowest BCUT2D eigenvalue weighted by molar-refractivity contribution is -0.128. The molecule has 0 radical (unpaired) electrons. The van der Waals surface area contributed by atoms with Crippen LogP contribution in [-0.4, -0.2) is 53.9 Å². The van der Waals surface area contributed by atoms with Crippen molar-refractivity contribution < 1.29 is 37.0 Å². The van der Waals surface area contributed by atoms with E-state index in [1.54, 1.807) is 13.8 Å². The third kappa shape index (κ3) is 8.20. The van der Waals surface area contributed by atoms with E-state index in [0.29, 0.717) is 12.8 Å². The first kappa shape index (κ1) is 29.9. The Morgan fingerprint density at radius 2 is 1.76 bits per heavy atom. The Kier molecular flexibility index (Phi) is 9.18. The molecule has 8 nitrogen and oxygen atoms in total. The number of hydrogen-bond donors (Lipinski definition) is 4. The highest BCUT2D eigenvalue weighted by molar-refractivity contribution is 7.91. The van der Waals surface area contributed by atoms with Crippen LogP contribution < -0.4 is 10.6 Å². The second kappa shape index (κ2) is 11.6. The zero-order valence-corrected chi connectivity index (χ0v) is 22.6. The number of carbonyl (C=O) groups excluding carboxylic acids is 2. The predicted molar refractivity (Wildman–Crippen MR) is 139 cm³/mol. The molecule has 2 aromatic carbocycles. The lowest BCUT2D eigenvalue weighted by Crippen LogP contribution is -2.44. The van der Waals surface area contributed by atoms with Crippen molar-refractivity contribution in [2.45, 2.75) is 62.0 Å². The van der Waals surface area contributed by atoms with Gasteiger partial charge in [-0.25, -0.2) is 17.2 Å². The Bertz CT molecular complexity index is 1310. The van der Waals surface area contributed by atoms with E-state index in [9.17, 15) is 37.0 Å². The molecule has 0 aromatic heterocycles.